The molecule has 1 aromatic heterocycles. The molecule has 2 saturated carbocycles. The van der Waals surface area contributed by atoms with E-state index < -0.39 is 0 Å². The van der Waals surface area contributed by atoms with Crippen molar-refractivity contribution in [3.05, 3.63) is 17.7 Å². The van der Waals surface area contributed by atoms with E-state index >= 15 is 0 Å². The van der Waals surface area contributed by atoms with E-state index in [1.807, 2.05) is 6.20 Å². The maximum atomic E-state index is 5.50. The molecule has 0 aliphatic heterocycles. The summed E-state index contributed by atoms with van der Waals surface area (Å²) in [4.78, 5) is 9.26. The monoisotopic (exact) mass is 232 g/mol. The maximum Gasteiger partial charge on any atom is 0.131 e. The van der Waals surface area contributed by atoms with Gasteiger partial charge in [-0.2, -0.15) is 0 Å². The smallest absolute Gasteiger partial charge is 0.131 e. The summed E-state index contributed by atoms with van der Waals surface area (Å²) >= 11 is 0. The second-order valence-corrected chi connectivity index (χ2v) is 5.14. The van der Waals surface area contributed by atoms with E-state index in [1.165, 1.54) is 31.4 Å². The quantitative estimate of drug-likeness (QED) is 0.736. The van der Waals surface area contributed by atoms with Crippen molar-refractivity contribution >= 4 is 5.69 Å². The minimum Gasteiger partial charge on any atom is -0.382 e. The van der Waals surface area contributed by atoms with Crippen LogP contribution in [0.15, 0.2) is 6.20 Å². The fourth-order valence-corrected chi connectivity index (χ4v) is 2.08. The Morgan fingerprint density at radius 3 is 2.65 bits per heavy atom. The van der Waals surface area contributed by atoms with Crippen LogP contribution in [0, 0.1) is 0 Å². The van der Waals surface area contributed by atoms with Crippen LogP contribution in [-0.4, -0.2) is 23.1 Å². The molecule has 0 bridgehead atoms. The molecule has 17 heavy (non-hydrogen) atoms. The second-order valence-electron chi connectivity index (χ2n) is 5.14. The van der Waals surface area contributed by atoms with Gasteiger partial charge < -0.3 is 11.1 Å². The third-order valence-corrected chi connectivity index (χ3v) is 3.44. The topological polar surface area (TPSA) is 63.8 Å². The first-order valence-corrected chi connectivity index (χ1v) is 6.69. The van der Waals surface area contributed by atoms with Crippen LogP contribution in [0.1, 0.15) is 55.5 Å². The van der Waals surface area contributed by atoms with Gasteiger partial charge in [-0.15, -0.1) is 0 Å². The molecule has 4 heteroatoms. The van der Waals surface area contributed by atoms with Crippen LogP contribution in [0.5, 0.6) is 0 Å². The summed E-state index contributed by atoms with van der Waals surface area (Å²) in [7, 11) is 0. The molecule has 0 atom stereocenters. The Bertz CT molecular complexity index is 396. The highest BCUT2D eigenvalue weighted by atomic mass is 15.0. The lowest BCUT2D eigenvalue weighted by Gasteiger charge is -2.11. The van der Waals surface area contributed by atoms with Crippen molar-refractivity contribution in [2.75, 3.05) is 18.4 Å². The van der Waals surface area contributed by atoms with Crippen molar-refractivity contribution in [2.45, 2.75) is 43.9 Å². The summed E-state index contributed by atoms with van der Waals surface area (Å²) in [5, 5.41) is 3.42. The number of aromatic nitrogens is 2. The van der Waals surface area contributed by atoms with Crippen molar-refractivity contribution in [3.63, 3.8) is 0 Å². The van der Waals surface area contributed by atoms with E-state index in [9.17, 15) is 0 Å². The van der Waals surface area contributed by atoms with Crippen molar-refractivity contribution in [3.8, 4) is 0 Å². The molecular formula is C13H20N4. The molecule has 1 heterocycles. The Morgan fingerprint density at radius 1 is 1.24 bits per heavy atom. The molecule has 4 nitrogen and oxygen atoms in total. The van der Waals surface area contributed by atoms with Gasteiger partial charge in [-0.1, -0.05) is 0 Å². The summed E-state index contributed by atoms with van der Waals surface area (Å²) < 4.78 is 0. The summed E-state index contributed by atoms with van der Waals surface area (Å²) in [6.07, 6.45) is 8.08. The van der Waals surface area contributed by atoms with E-state index in [0.29, 0.717) is 11.8 Å². The van der Waals surface area contributed by atoms with Crippen LogP contribution in [0.25, 0.3) is 0 Å². The number of anilines is 1. The molecule has 92 valence electrons. The lowest BCUT2D eigenvalue weighted by molar-refractivity contribution is 0.847. The van der Waals surface area contributed by atoms with Gasteiger partial charge >= 0.3 is 0 Å². The Balaban J connectivity index is 1.76. The van der Waals surface area contributed by atoms with Crippen molar-refractivity contribution in [2.24, 2.45) is 5.73 Å². The highest BCUT2D eigenvalue weighted by Crippen LogP contribution is 2.44. The van der Waals surface area contributed by atoms with Gasteiger partial charge in [0.1, 0.15) is 5.82 Å². The zero-order valence-corrected chi connectivity index (χ0v) is 10.2. The first kappa shape index (κ1) is 11.0. The highest BCUT2D eigenvalue weighted by molar-refractivity contribution is 5.49. The van der Waals surface area contributed by atoms with Crippen molar-refractivity contribution in [1.29, 1.82) is 0 Å². The number of hydrogen-bond donors (Lipinski definition) is 2. The number of nitrogens with one attached hydrogen (secondary N) is 1. The van der Waals surface area contributed by atoms with Gasteiger partial charge in [0.05, 0.1) is 17.6 Å². The zero-order valence-electron chi connectivity index (χ0n) is 10.2. The summed E-state index contributed by atoms with van der Waals surface area (Å²) in [5.41, 5.74) is 7.88. The van der Waals surface area contributed by atoms with E-state index in [2.05, 4.69) is 10.3 Å². The standard InChI is InChI=1S/C13H20N4/c14-6-1-7-15-11-8-16-13(10-4-5-10)17-12(11)9-2-3-9/h8-10,15H,1-7,14H2. The first-order chi connectivity index (χ1) is 8.38. The third kappa shape index (κ3) is 2.57. The average Bonchev–Trinajstić information content (AvgIpc) is 3.20. The molecule has 3 rings (SSSR count). The zero-order chi connectivity index (χ0) is 11.7. The summed E-state index contributed by atoms with van der Waals surface area (Å²) in [6.45, 7) is 1.65. The molecule has 3 N–H and O–H groups in total. The average molecular weight is 232 g/mol. The molecule has 0 radical (unpaired) electrons. The van der Waals surface area contributed by atoms with Gasteiger partial charge in [0.25, 0.3) is 0 Å². The Labute approximate surface area is 102 Å². The molecule has 0 unspecified atom stereocenters. The molecule has 1 aromatic rings. The predicted octanol–water partition coefficient (Wildman–Crippen LogP) is 1.99. The lowest BCUT2D eigenvalue weighted by atomic mass is 10.2. The molecule has 0 spiro atoms. The number of hydrogen-bond acceptors (Lipinski definition) is 4. The van der Waals surface area contributed by atoms with Gasteiger partial charge in [-0.25, -0.2) is 9.97 Å². The van der Waals surface area contributed by atoms with Gasteiger partial charge in [-0.3, -0.25) is 0 Å². The lowest BCUT2D eigenvalue weighted by Crippen LogP contribution is -2.11. The molecule has 0 amide bonds. The van der Waals surface area contributed by atoms with Crippen LogP contribution in [0.2, 0.25) is 0 Å². The predicted molar refractivity (Wildman–Crippen MR) is 68.1 cm³/mol. The van der Waals surface area contributed by atoms with E-state index in [4.69, 9.17) is 10.7 Å². The summed E-state index contributed by atoms with van der Waals surface area (Å²) in [6, 6.07) is 0. The maximum absolute atomic E-state index is 5.50. The van der Waals surface area contributed by atoms with Crippen LogP contribution in [0.4, 0.5) is 5.69 Å². The molecule has 2 aliphatic carbocycles. The highest BCUT2D eigenvalue weighted by Gasteiger charge is 2.32. The number of nitrogens with zero attached hydrogens (tertiary/aromatic N) is 2. The van der Waals surface area contributed by atoms with Crippen LogP contribution in [-0.2, 0) is 0 Å². The minimum atomic E-state index is 0.644. The van der Waals surface area contributed by atoms with Crippen LogP contribution in [0.3, 0.4) is 0 Å². The van der Waals surface area contributed by atoms with Crippen LogP contribution >= 0.6 is 0 Å². The largest absolute Gasteiger partial charge is 0.382 e. The normalized spacial score (nSPS) is 19.4. The van der Waals surface area contributed by atoms with Crippen LogP contribution < -0.4 is 11.1 Å². The molecule has 2 fully saturated rings. The molecule has 0 saturated heterocycles. The number of nitrogens with two attached hydrogens (primary N) is 1. The second kappa shape index (κ2) is 4.61. The Kier molecular flexibility index (Phi) is 2.97. The Morgan fingerprint density at radius 2 is 2.00 bits per heavy atom. The minimum absolute atomic E-state index is 0.644. The van der Waals surface area contributed by atoms with Crippen molar-refractivity contribution in [1.82, 2.24) is 9.97 Å². The third-order valence-electron chi connectivity index (χ3n) is 3.44. The van der Waals surface area contributed by atoms with Gasteiger partial charge in [0.2, 0.25) is 0 Å². The first-order valence-electron chi connectivity index (χ1n) is 6.69. The fourth-order valence-electron chi connectivity index (χ4n) is 2.08. The summed E-state index contributed by atoms with van der Waals surface area (Å²) in [5.74, 6) is 2.39. The van der Waals surface area contributed by atoms with Gasteiger partial charge in [0, 0.05) is 18.4 Å². The van der Waals surface area contributed by atoms with E-state index in [1.54, 1.807) is 0 Å². The Hall–Kier alpha value is -1.16. The van der Waals surface area contributed by atoms with Gasteiger partial charge in [-0.05, 0) is 38.6 Å². The number of rotatable bonds is 6. The molecule has 0 aromatic carbocycles. The van der Waals surface area contributed by atoms with Crippen molar-refractivity contribution < 1.29 is 0 Å². The molecule has 2 aliphatic rings. The van der Waals surface area contributed by atoms with Gasteiger partial charge in [0.15, 0.2) is 0 Å². The van der Waals surface area contributed by atoms with E-state index in [0.717, 1.165) is 31.0 Å². The SMILES string of the molecule is NCCCNc1cnc(C2CC2)nc1C1CC1. The van der Waals surface area contributed by atoms with E-state index in [-0.39, 0.29) is 0 Å². The fraction of sp³-hybridized carbons (Fsp3) is 0.692. The molecular weight excluding hydrogens is 212 g/mol.